The molecule has 0 atom stereocenters. The Morgan fingerprint density at radius 1 is 1.56 bits per heavy atom. The zero-order valence-corrected chi connectivity index (χ0v) is 10.8. The van der Waals surface area contributed by atoms with Crippen LogP contribution in [0.1, 0.15) is 19.4 Å². The third-order valence-electron chi connectivity index (χ3n) is 2.69. The second-order valence-corrected chi connectivity index (χ2v) is 4.89. The first-order chi connectivity index (χ1) is 8.66. The molecule has 1 aliphatic rings. The molecule has 0 aliphatic carbocycles. The lowest BCUT2D eigenvalue weighted by Crippen LogP contribution is -2.39. The van der Waals surface area contributed by atoms with Gasteiger partial charge in [0, 0.05) is 18.3 Å². The maximum atomic E-state index is 14.0. The highest BCUT2D eigenvalue weighted by molar-refractivity contribution is 5.23. The molecule has 18 heavy (non-hydrogen) atoms. The van der Waals surface area contributed by atoms with Crippen LogP contribution in [-0.2, 0) is 11.3 Å². The smallest absolute Gasteiger partial charge is 0.251 e. The van der Waals surface area contributed by atoms with Gasteiger partial charge in [-0.2, -0.15) is 0 Å². The minimum absolute atomic E-state index is 0.0640. The van der Waals surface area contributed by atoms with Gasteiger partial charge in [-0.1, -0.05) is 13.8 Å². The number of ether oxygens (including phenoxy) is 2. The second kappa shape index (κ2) is 6.11. The fourth-order valence-corrected chi connectivity index (χ4v) is 1.62. The lowest BCUT2D eigenvalue weighted by Gasteiger charge is -2.26. The van der Waals surface area contributed by atoms with Gasteiger partial charge < -0.3 is 14.8 Å². The van der Waals surface area contributed by atoms with E-state index in [0.29, 0.717) is 31.2 Å². The van der Waals surface area contributed by atoms with Gasteiger partial charge >= 0.3 is 0 Å². The summed E-state index contributed by atoms with van der Waals surface area (Å²) in [6.45, 7) is 6.59. The van der Waals surface area contributed by atoms with Crippen LogP contribution in [0.2, 0.25) is 0 Å². The van der Waals surface area contributed by atoms with E-state index in [4.69, 9.17) is 9.47 Å². The molecule has 1 aliphatic heterocycles. The molecule has 1 aromatic heterocycles. The fraction of sp³-hybridized carbons (Fsp3) is 0.615. The maximum absolute atomic E-state index is 14.0. The van der Waals surface area contributed by atoms with E-state index in [1.807, 2.05) is 0 Å². The first kappa shape index (κ1) is 13.2. The van der Waals surface area contributed by atoms with Crippen LogP contribution in [0, 0.1) is 11.7 Å². The number of rotatable bonds is 6. The average molecular weight is 254 g/mol. The Morgan fingerprint density at radius 3 is 2.94 bits per heavy atom. The maximum Gasteiger partial charge on any atom is 0.251 e. The van der Waals surface area contributed by atoms with Gasteiger partial charge in [-0.25, -0.2) is 9.37 Å². The van der Waals surface area contributed by atoms with Gasteiger partial charge in [0.25, 0.3) is 5.88 Å². The van der Waals surface area contributed by atoms with E-state index < -0.39 is 0 Å². The summed E-state index contributed by atoms with van der Waals surface area (Å²) in [4.78, 5) is 3.92. The highest BCUT2D eigenvalue weighted by Gasteiger charge is 2.23. The quantitative estimate of drug-likeness (QED) is 0.840. The summed E-state index contributed by atoms with van der Waals surface area (Å²) in [7, 11) is 0. The van der Waals surface area contributed by atoms with Gasteiger partial charge in [0.2, 0.25) is 0 Å². The highest BCUT2D eigenvalue weighted by Crippen LogP contribution is 2.20. The molecule has 1 aromatic rings. The SMILES string of the molecule is CC(C)CNCc1ccnc(OC2COC2)c1F. The monoisotopic (exact) mass is 254 g/mol. The molecule has 1 N–H and O–H groups in total. The Bertz CT molecular complexity index is 395. The van der Waals surface area contributed by atoms with Crippen molar-refractivity contribution in [3.8, 4) is 5.88 Å². The van der Waals surface area contributed by atoms with Gasteiger partial charge in [-0.3, -0.25) is 0 Å². The predicted octanol–water partition coefficient (Wildman–Crippen LogP) is 1.74. The van der Waals surface area contributed by atoms with Crippen LogP contribution in [0.15, 0.2) is 12.3 Å². The second-order valence-electron chi connectivity index (χ2n) is 4.89. The lowest BCUT2D eigenvalue weighted by molar-refractivity contribution is -0.0827. The molecular formula is C13H19FN2O2. The van der Waals surface area contributed by atoms with Crippen LogP contribution in [-0.4, -0.2) is 30.8 Å². The Labute approximate surface area is 107 Å². The van der Waals surface area contributed by atoms with Crippen molar-refractivity contribution in [1.29, 1.82) is 0 Å². The van der Waals surface area contributed by atoms with Crippen LogP contribution in [0.4, 0.5) is 4.39 Å². The summed E-state index contributed by atoms with van der Waals surface area (Å²) in [5.41, 5.74) is 0.584. The standard InChI is InChI=1S/C13H19FN2O2/c1-9(2)5-15-6-10-3-4-16-13(12(10)14)18-11-7-17-8-11/h3-4,9,11,15H,5-8H2,1-2H3. The van der Waals surface area contributed by atoms with Crippen molar-refractivity contribution in [2.45, 2.75) is 26.5 Å². The van der Waals surface area contributed by atoms with Crippen molar-refractivity contribution in [2.24, 2.45) is 5.92 Å². The van der Waals surface area contributed by atoms with E-state index in [2.05, 4.69) is 24.1 Å². The molecule has 100 valence electrons. The van der Waals surface area contributed by atoms with E-state index in [1.165, 1.54) is 0 Å². The van der Waals surface area contributed by atoms with E-state index in [-0.39, 0.29) is 17.8 Å². The molecule has 0 amide bonds. The summed E-state index contributed by atoms with van der Waals surface area (Å²) >= 11 is 0. The topological polar surface area (TPSA) is 43.4 Å². The number of halogens is 1. The van der Waals surface area contributed by atoms with Crippen molar-refractivity contribution < 1.29 is 13.9 Å². The number of nitrogens with zero attached hydrogens (tertiary/aromatic N) is 1. The molecule has 0 bridgehead atoms. The minimum atomic E-state index is -0.374. The van der Waals surface area contributed by atoms with Gasteiger partial charge in [0.15, 0.2) is 5.82 Å². The van der Waals surface area contributed by atoms with Crippen molar-refractivity contribution in [2.75, 3.05) is 19.8 Å². The van der Waals surface area contributed by atoms with Gasteiger partial charge in [0.05, 0.1) is 13.2 Å². The molecule has 0 radical (unpaired) electrons. The normalized spacial score (nSPS) is 15.8. The van der Waals surface area contributed by atoms with Gasteiger partial charge in [-0.15, -0.1) is 0 Å². The van der Waals surface area contributed by atoms with Crippen LogP contribution < -0.4 is 10.1 Å². The molecule has 0 spiro atoms. The molecule has 2 rings (SSSR count). The van der Waals surface area contributed by atoms with E-state index in [0.717, 1.165) is 6.54 Å². The van der Waals surface area contributed by atoms with Gasteiger partial charge in [0.1, 0.15) is 6.10 Å². The van der Waals surface area contributed by atoms with Crippen LogP contribution in [0.25, 0.3) is 0 Å². The zero-order valence-electron chi connectivity index (χ0n) is 10.8. The number of pyridine rings is 1. The van der Waals surface area contributed by atoms with Crippen LogP contribution in [0.5, 0.6) is 5.88 Å². The average Bonchev–Trinajstić information content (AvgIpc) is 2.27. The Kier molecular flexibility index (Phi) is 4.49. The minimum Gasteiger partial charge on any atom is -0.467 e. The molecule has 1 fully saturated rings. The zero-order chi connectivity index (χ0) is 13.0. The van der Waals surface area contributed by atoms with Crippen molar-refractivity contribution in [3.05, 3.63) is 23.6 Å². The third-order valence-corrected chi connectivity index (χ3v) is 2.69. The third kappa shape index (κ3) is 3.40. The summed E-state index contributed by atoms with van der Waals surface area (Å²) in [6.07, 6.45) is 1.51. The van der Waals surface area contributed by atoms with Crippen LogP contribution >= 0.6 is 0 Å². The molecule has 0 aromatic carbocycles. The summed E-state index contributed by atoms with van der Waals surface area (Å²) in [5, 5.41) is 3.20. The van der Waals surface area contributed by atoms with Crippen molar-refractivity contribution >= 4 is 0 Å². The number of nitrogens with one attached hydrogen (secondary N) is 1. The largest absolute Gasteiger partial charge is 0.467 e. The van der Waals surface area contributed by atoms with E-state index in [9.17, 15) is 4.39 Å². The molecular weight excluding hydrogens is 235 g/mol. The van der Waals surface area contributed by atoms with Crippen molar-refractivity contribution in [3.63, 3.8) is 0 Å². The van der Waals surface area contributed by atoms with E-state index in [1.54, 1.807) is 12.3 Å². The number of aromatic nitrogens is 1. The van der Waals surface area contributed by atoms with Gasteiger partial charge in [-0.05, 0) is 18.5 Å². The fourth-order valence-electron chi connectivity index (χ4n) is 1.62. The molecule has 0 unspecified atom stereocenters. The molecule has 0 saturated carbocycles. The number of hydrogen-bond donors (Lipinski definition) is 1. The summed E-state index contributed by atoms with van der Waals surface area (Å²) < 4.78 is 24.4. The predicted molar refractivity (Wildman–Crippen MR) is 66.0 cm³/mol. The molecule has 5 heteroatoms. The van der Waals surface area contributed by atoms with Crippen molar-refractivity contribution in [1.82, 2.24) is 10.3 Å². The molecule has 2 heterocycles. The lowest BCUT2D eigenvalue weighted by atomic mass is 10.2. The Morgan fingerprint density at radius 2 is 2.33 bits per heavy atom. The summed E-state index contributed by atoms with van der Waals surface area (Å²) in [6, 6.07) is 1.67. The summed E-state index contributed by atoms with van der Waals surface area (Å²) in [5.74, 6) is 0.241. The Hall–Kier alpha value is -1.20. The molecule has 1 saturated heterocycles. The van der Waals surface area contributed by atoms with E-state index >= 15 is 0 Å². The van der Waals surface area contributed by atoms with Crippen LogP contribution in [0.3, 0.4) is 0 Å². The first-order valence-electron chi connectivity index (χ1n) is 6.25. The molecule has 4 nitrogen and oxygen atoms in total. The first-order valence-corrected chi connectivity index (χ1v) is 6.25. The highest BCUT2D eigenvalue weighted by atomic mass is 19.1. The Balaban J connectivity index is 1.95. The number of hydrogen-bond acceptors (Lipinski definition) is 4.